The third kappa shape index (κ3) is 4.07. The third-order valence-electron chi connectivity index (χ3n) is 5.69. The summed E-state index contributed by atoms with van der Waals surface area (Å²) in [5.74, 6) is 0.741. The number of hydrogen-bond donors (Lipinski definition) is 1. The zero-order chi connectivity index (χ0) is 18.6. The van der Waals surface area contributed by atoms with Crippen LogP contribution in [0.15, 0.2) is 42.2 Å². The lowest BCUT2D eigenvalue weighted by Gasteiger charge is -2.27. The van der Waals surface area contributed by atoms with Gasteiger partial charge >= 0.3 is 0 Å². The van der Waals surface area contributed by atoms with Gasteiger partial charge in [0.05, 0.1) is 12.3 Å². The second-order valence-corrected chi connectivity index (χ2v) is 7.62. The number of benzene rings is 1. The van der Waals surface area contributed by atoms with Crippen molar-refractivity contribution in [1.29, 1.82) is 0 Å². The van der Waals surface area contributed by atoms with Gasteiger partial charge in [-0.3, -0.25) is 9.59 Å². The minimum Gasteiger partial charge on any atom is -0.464 e. The number of carbonyl (C=O) groups is 2. The Balaban J connectivity index is 1.41. The Hall–Kier alpha value is -2.56. The molecule has 5 heteroatoms. The monoisotopic (exact) mass is 366 g/mol. The number of rotatable bonds is 3. The van der Waals surface area contributed by atoms with Gasteiger partial charge in [0.25, 0.3) is 5.91 Å². The van der Waals surface area contributed by atoms with Gasteiger partial charge in [-0.2, -0.15) is 0 Å². The lowest BCUT2D eigenvalue weighted by molar-refractivity contribution is -0.129. The van der Waals surface area contributed by atoms with E-state index in [1.807, 2.05) is 35.2 Å². The Bertz CT molecular complexity index is 776. The molecule has 1 aromatic carbocycles. The lowest BCUT2D eigenvalue weighted by atomic mass is 10.1. The molecule has 0 bridgehead atoms. The average molecular weight is 366 g/mol. The van der Waals surface area contributed by atoms with Crippen molar-refractivity contribution in [2.75, 3.05) is 6.54 Å². The molecule has 5 nitrogen and oxygen atoms in total. The molecule has 1 saturated carbocycles. The van der Waals surface area contributed by atoms with Crippen LogP contribution in [0, 0.1) is 0 Å². The molecule has 1 N–H and O–H groups in total. The second kappa shape index (κ2) is 7.99. The molecule has 142 valence electrons. The lowest BCUT2D eigenvalue weighted by Crippen LogP contribution is -2.40. The van der Waals surface area contributed by atoms with Crippen LogP contribution in [0.3, 0.4) is 0 Å². The van der Waals surface area contributed by atoms with Crippen LogP contribution in [0.2, 0.25) is 0 Å². The third-order valence-corrected chi connectivity index (χ3v) is 5.69. The molecule has 1 atom stereocenters. The largest absolute Gasteiger partial charge is 0.464 e. The highest BCUT2D eigenvalue weighted by atomic mass is 16.5. The quantitative estimate of drug-likeness (QED) is 0.834. The zero-order valence-electron chi connectivity index (χ0n) is 15.5. The molecule has 0 unspecified atom stereocenters. The van der Waals surface area contributed by atoms with Gasteiger partial charge in [-0.15, -0.1) is 0 Å². The molecule has 0 spiro atoms. The van der Waals surface area contributed by atoms with Crippen LogP contribution in [-0.2, 0) is 9.59 Å². The van der Waals surface area contributed by atoms with E-state index < -0.39 is 0 Å². The molecule has 1 aliphatic carbocycles. The van der Waals surface area contributed by atoms with E-state index in [1.54, 1.807) is 6.08 Å². The highest BCUT2D eigenvalue weighted by Crippen LogP contribution is 2.27. The zero-order valence-corrected chi connectivity index (χ0v) is 15.5. The minimum atomic E-state index is -0.160. The summed E-state index contributed by atoms with van der Waals surface area (Å²) in [6.45, 7) is 0.624. The number of ether oxygens (including phenoxy) is 1. The van der Waals surface area contributed by atoms with Crippen LogP contribution < -0.4 is 10.1 Å². The Morgan fingerprint density at radius 2 is 1.89 bits per heavy atom. The number of nitrogens with zero attached hydrogens (tertiary/aromatic N) is 1. The molecule has 1 saturated heterocycles. The van der Waals surface area contributed by atoms with Crippen molar-refractivity contribution in [1.82, 2.24) is 10.2 Å². The van der Waals surface area contributed by atoms with Crippen molar-refractivity contribution >= 4 is 17.9 Å². The molecule has 27 heavy (non-hydrogen) atoms. The number of likely N-dealkylation sites (tertiary alicyclic amines) is 1. The summed E-state index contributed by atoms with van der Waals surface area (Å²) < 4.78 is 5.55. The number of carbonyl (C=O) groups excluding carboxylic acids is 2. The maximum atomic E-state index is 12.7. The van der Waals surface area contributed by atoms with E-state index in [2.05, 4.69) is 5.32 Å². The summed E-state index contributed by atoms with van der Waals surface area (Å²) in [6.07, 6.45) is 12.5. The maximum absolute atomic E-state index is 12.7. The van der Waals surface area contributed by atoms with Gasteiger partial charge in [-0.1, -0.05) is 43.9 Å². The highest BCUT2D eigenvalue weighted by molar-refractivity contribution is 6.01. The van der Waals surface area contributed by atoms with Gasteiger partial charge in [0.15, 0.2) is 0 Å². The first-order valence-electron chi connectivity index (χ1n) is 9.95. The highest BCUT2D eigenvalue weighted by Gasteiger charge is 2.35. The first kappa shape index (κ1) is 17.8. The second-order valence-electron chi connectivity index (χ2n) is 7.62. The predicted molar refractivity (Wildman–Crippen MR) is 104 cm³/mol. The van der Waals surface area contributed by atoms with Gasteiger partial charge in [0, 0.05) is 30.1 Å². The molecule has 2 fully saturated rings. The molecule has 2 heterocycles. The fourth-order valence-electron chi connectivity index (χ4n) is 4.26. The summed E-state index contributed by atoms with van der Waals surface area (Å²) >= 11 is 0. The molecule has 4 rings (SSSR count). The van der Waals surface area contributed by atoms with E-state index >= 15 is 0 Å². The van der Waals surface area contributed by atoms with Crippen molar-refractivity contribution < 1.29 is 14.3 Å². The topological polar surface area (TPSA) is 58.6 Å². The van der Waals surface area contributed by atoms with Crippen LogP contribution in [0.25, 0.3) is 6.08 Å². The van der Waals surface area contributed by atoms with E-state index in [0.717, 1.165) is 24.2 Å². The molecule has 3 aliphatic rings. The molecular formula is C22H26N2O3. The van der Waals surface area contributed by atoms with Crippen molar-refractivity contribution in [2.24, 2.45) is 0 Å². The van der Waals surface area contributed by atoms with Crippen LogP contribution in [0.1, 0.15) is 50.5 Å². The van der Waals surface area contributed by atoms with Crippen molar-refractivity contribution in [3.8, 4) is 5.75 Å². The van der Waals surface area contributed by atoms with E-state index in [4.69, 9.17) is 4.74 Å². The Morgan fingerprint density at radius 1 is 1.11 bits per heavy atom. The molecule has 0 aromatic heterocycles. The fourth-order valence-corrected chi connectivity index (χ4v) is 4.26. The molecule has 0 radical (unpaired) electrons. The number of fused-ring (bicyclic) bond motifs is 1. The molecule has 2 aliphatic heterocycles. The summed E-state index contributed by atoms with van der Waals surface area (Å²) in [6, 6.07) is 7.83. The van der Waals surface area contributed by atoms with Crippen LogP contribution >= 0.6 is 0 Å². The van der Waals surface area contributed by atoms with Gasteiger partial charge in [0.2, 0.25) is 5.91 Å². The molecule has 1 aromatic rings. The number of nitrogens with one attached hydrogen (secondary N) is 1. The minimum absolute atomic E-state index is 0.123. The number of para-hydroxylation sites is 1. The van der Waals surface area contributed by atoms with Crippen molar-refractivity contribution in [3.63, 3.8) is 0 Å². The molecule has 2 amide bonds. The Kier molecular flexibility index (Phi) is 5.28. The van der Waals surface area contributed by atoms with Crippen molar-refractivity contribution in [3.05, 3.63) is 47.7 Å². The first-order valence-corrected chi connectivity index (χ1v) is 9.95. The normalized spacial score (nSPS) is 23.1. The Morgan fingerprint density at radius 3 is 2.70 bits per heavy atom. The van der Waals surface area contributed by atoms with Gasteiger partial charge in [-0.25, -0.2) is 0 Å². The van der Waals surface area contributed by atoms with E-state index in [-0.39, 0.29) is 17.9 Å². The van der Waals surface area contributed by atoms with E-state index in [0.29, 0.717) is 24.6 Å². The summed E-state index contributed by atoms with van der Waals surface area (Å²) in [5, 5.41) is 3.05. The average Bonchev–Trinajstić information content (AvgIpc) is 2.89. The SMILES string of the molecule is O=C(N[C@@H]1CC(=O)N(C2CCCCCC2)C1)C1=Cc2ccccc2OC=C1. The number of amides is 2. The van der Waals surface area contributed by atoms with Gasteiger partial charge in [-0.05, 0) is 31.1 Å². The first-order chi connectivity index (χ1) is 13.2. The summed E-state index contributed by atoms with van der Waals surface area (Å²) in [5.41, 5.74) is 1.41. The fraction of sp³-hybridized carbons (Fsp3) is 0.455. The molecular weight excluding hydrogens is 340 g/mol. The smallest absolute Gasteiger partial charge is 0.251 e. The van der Waals surface area contributed by atoms with Gasteiger partial charge < -0.3 is 15.0 Å². The predicted octanol–water partition coefficient (Wildman–Crippen LogP) is 3.42. The Labute approximate surface area is 160 Å². The summed E-state index contributed by atoms with van der Waals surface area (Å²) in [4.78, 5) is 27.2. The van der Waals surface area contributed by atoms with Crippen LogP contribution in [0.4, 0.5) is 0 Å². The number of hydrogen-bond acceptors (Lipinski definition) is 3. The summed E-state index contributed by atoms with van der Waals surface area (Å²) in [7, 11) is 0. The van der Waals surface area contributed by atoms with Crippen LogP contribution in [-0.4, -0.2) is 35.3 Å². The van der Waals surface area contributed by atoms with E-state index in [1.165, 1.54) is 31.9 Å². The van der Waals surface area contributed by atoms with E-state index in [9.17, 15) is 9.59 Å². The van der Waals surface area contributed by atoms with Crippen LogP contribution in [0.5, 0.6) is 5.75 Å². The van der Waals surface area contributed by atoms with Gasteiger partial charge in [0.1, 0.15) is 5.75 Å². The maximum Gasteiger partial charge on any atom is 0.251 e. The standard InChI is InChI=1S/C22H26N2O3/c25-21-14-18(15-24(21)19-8-3-1-2-4-9-19)23-22(26)17-11-12-27-20-10-6-5-7-16(20)13-17/h5-7,10-13,18-19H,1-4,8-9,14-15H2,(H,23,26)/t18-/m1/s1. The van der Waals surface area contributed by atoms with Crippen molar-refractivity contribution in [2.45, 2.75) is 57.0 Å².